The Bertz CT molecular complexity index is 853. The Labute approximate surface area is 166 Å². The highest BCUT2D eigenvalue weighted by Gasteiger charge is 2.38. The molecule has 3 amide bonds. The van der Waals surface area contributed by atoms with Crippen LogP contribution >= 0.6 is 11.8 Å². The van der Waals surface area contributed by atoms with Gasteiger partial charge >= 0.3 is 0 Å². The summed E-state index contributed by atoms with van der Waals surface area (Å²) in [4.78, 5) is 50.9. The number of likely N-dealkylation sites (tertiary alicyclic amines) is 1. The maximum Gasteiger partial charge on any atom is 0.294 e. The summed E-state index contributed by atoms with van der Waals surface area (Å²) in [6, 6.07) is 6.02. The Kier molecular flexibility index (Phi) is 6.03. The molecule has 2 aliphatic heterocycles. The predicted molar refractivity (Wildman–Crippen MR) is 100 cm³/mol. The van der Waals surface area contributed by atoms with Gasteiger partial charge in [-0.25, -0.2) is 0 Å². The number of methoxy groups -OCH3 is 1. The summed E-state index contributed by atoms with van der Waals surface area (Å²) in [6.07, 6.45) is 3.21. The molecule has 8 nitrogen and oxygen atoms in total. The van der Waals surface area contributed by atoms with Gasteiger partial charge in [-0.15, -0.1) is 0 Å². The number of carboxylic acids is 1. The molecule has 148 valence electrons. The first kappa shape index (κ1) is 19.9. The summed E-state index contributed by atoms with van der Waals surface area (Å²) in [5, 5.41) is 10.7. The van der Waals surface area contributed by atoms with Gasteiger partial charge < -0.3 is 19.5 Å². The molecule has 2 fully saturated rings. The van der Waals surface area contributed by atoms with Crippen molar-refractivity contribution in [3.63, 3.8) is 0 Å². The van der Waals surface area contributed by atoms with Gasteiger partial charge in [-0.1, -0.05) is 18.2 Å². The van der Waals surface area contributed by atoms with Crippen molar-refractivity contribution < 1.29 is 29.0 Å². The molecule has 0 aromatic heterocycles. The zero-order chi connectivity index (χ0) is 20.3. The van der Waals surface area contributed by atoms with E-state index in [9.17, 15) is 24.3 Å². The lowest BCUT2D eigenvalue weighted by atomic mass is 10.0. The van der Waals surface area contributed by atoms with Gasteiger partial charge in [0.2, 0.25) is 5.91 Å². The van der Waals surface area contributed by atoms with E-state index in [0.717, 1.165) is 16.7 Å². The van der Waals surface area contributed by atoms with Gasteiger partial charge in [0.05, 0.1) is 24.0 Å². The number of piperidine rings is 1. The maximum atomic E-state index is 12.6. The molecule has 28 heavy (non-hydrogen) atoms. The second-order valence-corrected chi connectivity index (χ2v) is 7.42. The summed E-state index contributed by atoms with van der Waals surface area (Å²) in [6.45, 7) is -0.220. The summed E-state index contributed by atoms with van der Waals surface area (Å²) < 4.78 is 5.24. The first-order valence-corrected chi connectivity index (χ1v) is 9.62. The van der Waals surface area contributed by atoms with Crippen LogP contribution in [0.25, 0.3) is 6.08 Å². The normalized spacial score (nSPS) is 21.3. The molecule has 3 rings (SSSR count). The summed E-state index contributed by atoms with van der Waals surface area (Å²) >= 11 is 0.735. The number of para-hydroxylation sites is 1. The topological polar surface area (TPSA) is 107 Å². The first-order valence-electron chi connectivity index (χ1n) is 8.81. The lowest BCUT2D eigenvalue weighted by Crippen LogP contribution is -2.55. The van der Waals surface area contributed by atoms with E-state index in [4.69, 9.17) is 4.74 Å². The molecule has 0 spiro atoms. The van der Waals surface area contributed by atoms with E-state index in [2.05, 4.69) is 0 Å². The van der Waals surface area contributed by atoms with Crippen LogP contribution in [0.3, 0.4) is 0 Å². The van der Waals surface area contributed by atoms with E-state index >= 15 is 0 Å². The van der Waals surface area contributed by atoms with Crippen LogP contribution in [0.5, 0.6) is 5.75 Å². The molecular formula is C19H19N2O6S-. The Hall–Kier alpha value is -2.81. The largest absolute Gasteiger partial charge is 0.548 e. The molecule has 1 atom stereocenters. The fourth-order valence-corrected chi connectivity index (χ4v) is 4.09. The smallest absolute Gasteiger partial charge is 0.294 e. The van der Waals surface area contributed by atoms with Crippen LogP contribution in [0.4, 0.5) is 4.79 Å². The molecule has 2 aliphatic rings. The average molecular weight is 403 g/mol. The Balaban J connectivity index is 1.76. The number of imide groups is 1. The van der Waals surface area contributed by atoms with E-state index in [1.165, 1.54) is 12.0 Å². The molecule has 0 unspecified atom stereocenters. The summed E-state index contributed by atoms with van der Waals surface area (Å²) in [5.74, 6) is -1.93. The van der Waals surface area contributed by atoms with Crippen LogP contribution in [0.15, 0.2) is 29.2 Å². The average Bonchev–Trinajstić information content (AvgIpc) is 2.95. The van der Waals surface area contributed by atoms with Gasteiger partial charge in [0, 0.05) is 12.1 Å². The van der Waals surface area contributed by atoms with Gasteiger partial charge in [-0.05, 0) is 43.2 Å². The third-order valence-corrected chi connectivity index (χ3v) is 5.60. The Morgan fingerprint density at radius 3 is 2.75 bits per heavy atom. The second kappa shape index (κ2) is 8.47. The zero-order valence-corrected chi connectivity index (χ0v) is 16.1. The highest BCUT2D eigenvalue weighted by Crippen LogP contribution is 2.34. The number of nitrogens with zero attached hydrogens (tertiary/aromatic N) is 2. The molecular weight excluding hydrogens is 384 g/mol. The number of carbonyl (C=O) groups is 4. The van der Waals surface area contributed by atoms with E-state index in [0.29, 0.717) is 30.6 Å². The van der Waals surface area contributed by atoms with E-state index in [-0.39, 0.29) is 11.4 Å². The molecule has 2 saturated heterocycles. The summed E-state index contributed by atoms with van der Waals surface area (Å²) in [5.41, 5.74) is 0.634. The minimum Gasteiger partial charge on any atom is -0.548 e. The Morgan fingerprint density at radius 2 is 2.04 bits per heavy atom. The van der Waals surface area contributed by atoms with Gasteiger partial charge in [0.15, 0.2) is 0 Å². The van der Waals surface area contributed by atoms with Crippen LogP contribution in [0, 0.1) is 0 Å². The highest BCUT2D eigenvalue weighted by atomic mass is 32.2. The number of carboxylic acid groups (broad SMARTS) is 1. The van der Waals surface area contributed by atoms with Crippen LogP contribution in [0.1, 0.15) is 24.8 Å². The van der Waals surface area contributed by atoms with Gasteiger partial charge in [-0.3, -0.25) is 19.3 Å². The standard InChI is InChI=1S/C19H20N2O6S/c1-27-14-8-3-2-6-12(14)10-15-17(23)21(19(26)28-15)11-16(22)20-9-5-4-7-13(20)18(24)25/h2-3,6,8,10,13H,4-5,7,9,11H2,1H3,(H,24,25)/p-1/b15-10-/t13-/m0/s1. The number of rotatable bonds is 5. The third-order valence-electron chi connectivity index (χ3n) is 4.69. The number of ether oxygens (including phenoxy) is 1. The van der Waals surface area contributed by atoms with E-state index < -0.39 is 35.6 Å². The molecule has 0 radical (unpaired) electrons. The molecule has 1 aromatic carbocycles. The fourth-order valence-electron chi connectivity index (χ4n) is 3.26. The molecule has 0 bridgehead atoms. The lowest BCUT2D eigenvalue weighted by molar-refractivity contribution is -0.312. The van der Waals surface area contributed by atoms with E-state index in [1.807, 2.05) is 0 Å². The minimum absolute atomic E-state index is 0.178. The number of benzene rings is 1. The highest BCUT2D eigenvalue weighted by molar-refractivity contribution is 8.18. The van der Waals surface area contributed by atoms with Gasteiger partial charge in [-0.2, -0.15) is 0 Å². The van der Waals surface area contributed by atoms with Crippen molar-refractivity contribution in [3.05, 3.63) is 34.7 Å². The third kappa shape index (κ3) is 4.04. The SMILES string of the molecule is COc1ccccc1/C=C1\SC(=O)N(CC(=O)N2CCCC[C@H]2C(=O)[O-])C1=O. The van der Waals surface area contributed by atoms with Crippen molar-refractivity contribution in [2.45, 2.75) is 25.3 Å². The molecule has 0 saturated carbocycles. The molecule has 0 N–H and O–H groups in total. The Morgan fingerprint density at radius 1 is 1.29 bits per heavy atom. The monoisotopic (exact) mass is 403 g/mol. The summed E-state index contributed by atoms with van der Waals surface area (Å²) in [7, 11) is 1.50. The van der Waals surface area contributed by atoms with Crippen LogP contribution in [0.2, 0.25) is 0 Å². The predicted octanol–water partition coefficient (Wildman–Crippen LogP) is 0.862. The first-order chi connectivity index (χ1) is 13.4. The quantitative estimate of drug-likeness (QED) is 0.671. The molecule has 1 aromatic rings. The van der Waals surface area contributed by atoms with Gasteiger partial charge in [0.1, 0.15) is 12.3 Å². The maximum absolute atomic E-state index is 12.6. The van der Waals surface area contributed by atoms with Crippen molar-refractivity contribution in [2.24, 2.45) is 0 Å². The van der Waals surface area contributed by atoms with Crippen LogP contribution < -0.4 is 9.84 Å². The number of hydrogen-bond donors (Lipinski definition) is 0. The van der Waals surface area contributed by atoms with Gasteiger partial charge in [0.25, 0.3) is 11.1 Å². The number of aliphatic carboxylic acids is 1. The lowest BCUT2D eigenvalue weighted by Gasteiger charge is -2.36. The molecule has 0 aliphatic carbocycles. The minimum atomic E-state index is -1.32. The number of hydrogen-bond acceptors (Lipinski definition) is 7. The molecule has 2 heterocycles. The zero-order valence-electron chi connectivity index (χ0n) is 15.3. The van der Waals surface area contributed by atoms with Crippen molar-refractivity contribution in [3.8, 4) is 5.75 Å². The van der Waals surface area contributed by atoms with Crippen LogP contribution in [-0.4, -0.2) is 59.1 Å². The van der Waals surface area contributed by atoms with Crippen LogP contribution in [-0.2, 0) is 14.4 Å². The fraction of sp³-hybridized carbons (Fsp3) is 0.368. The molecule has 9 heteroatoms. The van der Waals surface area contributed by atoms with E-state index in [1.54, 1.807) is 30.3 Å². The van der Waals surface area contributed by atoms with Crippen molar-refractivity contribution in [2.75, 3.05) is 20.2 Å². The van der Waals surface area contributed by atoms with Crippen molar-refractivity contribution in [1.82, 2.24) is 9.80 Å². The number of thioether (sulfide) groups is 1. The van der Waals surface area contributed by atoms with Crippen molar-refractivity contribution in [1.29, 1.82) is 0 Å². The van der Waals surface area contributed by atoms with Crippen molar-refractivity contribution >= 4 is 40.9 Å². The number of amides is 3. The second-order valence-electron chi connectivity index (χ2n) is 6.43. The number of carbonyl (C=O) groups excluding carboxylic acids is 4.